The second-order valence-corrected chi connectivity index (χ2v) is 5.18. The second kappa shape index (κ2) is 6.62. The first kappa shape index (κ1) is 14.7. The third-order valence-corrected chi connectivity index (χ3v) is 3.09. The number of nitrogens with zero attached hydrogens (tertiary/aromatic N) is 2. The zero-order valence-electron chi connectivity index (χ0n) is 11.0. The lowest BCUT2D eigenvalue weighted by molar-refractivity contribution is -0.131. The SMILES string of the molecule is Cc1nnc(NC(=O)Nc2ccc(/C=C/C(=O)O)cc2)s1. The molecule has 2 rings (SSSR count). The van der Waals surface area contributed by atoms with Gasteiger partial charge in [0.25, 0.3) is 0 Å². The van der Waals surface area contributed by atoms with E-state index in [1.165, 1.54) is 17.4 Å². The summed E-state index contributed by atoms with van der Waals surface area (Å²) < 4.78 is 0. The predicted molar refractivity (Wildman–Crippen MR) is 80.4 cm³/mol. The third-order valence-electron chi connectivity index (χ3n) is 2.33. The van der Waals surface area contributed by atoms with E-state index in [4.69, 9.17) is 5.11 Å². The number of benzene rings is 1. The molecule has 0 aliphatic rings. The van der Waals surface area contributed by atoms with Crippen molar-refractivity contribution >= 4 is 40.2 Å². The molecule has 0 aliphatic heterocycles. The molecule has 0 saturated carbocycles. The number of carbonyl (C=O) groups excluding carboxylic acids is 1. The van der Waals surface area contributed by atoms with Crippen molar-refractivity contribution in [2.45, 2.75) is 6.92 Å². The highest BCUT2D eigenvalue weighted by Gasteiger charge is 2.06. The Morgan fingerprint density at radius 1 is 1.19 bits per heavy atom. The summed E-state index contributed by atoms with van der Waals surface area (Å²) in [5, 5.41) is 22.5. The minimum atomic E-state index is -1.01. The Morgan fingerprint density at radius 3 is 2.48 bits per heavy atom. The van der Waals surface area contributed by atoms with Gasteiger partial charge in [-0.25, -0.2) is 9.59 Å². The molecule has 0 unspecified atom stereocenters. The normalized spacial score (nSPS) is 10.5. The van der Waals surface area contributed by atoms with Gasteiger partial charge in [0, 0.05) is 11.8 Å². The van der Waals surface area contributed by atoms with Crippen LogP contribution in [0.5, 0.6) is 0 Å². The van der Waals surface area contributed by atoms with Crippen LogP contribution in [0.3, 0.4) is 0 Å². The van der Waals surface area contributed by atoms with Crippen molar-refractivity contribution in [1.82, 2.24) is 10.2 Å². The Hall–Kier alpha value is -2.74. The third kappa shape index (κ3) is 4.69. The molecule has 1 aromatic carbocycles. The van der Waals surface area contributed by atoms with E-state index in [0.29, 0.717) is 10.8 Å². The van der Waals surface area contributed by atoms with Gasteiger partial charge in [0.2, 0.25) is 5.13 Å². The number of carboxylic acid groups (broad SMARTS) is 1. The predicted octanol–water partition coefficient (Wildman–Crippen LogP) is 2.59. The molecule has 2 aromatic rings. The van der Waals surface area contributed by atoms with Crippen LogP contribution in [-0.4, -0.2) is 27.3 Å². The fourth-order valence-electron chi connectivity index (χ4n) is 1.45. The van der Waals surface area contributed by atoms with Crippen LogP contribution in [-0.2, 0) is 4.79 Å². The van der Waals surface area contributed by atoms with Crippen molar-refractivity contribution in [1.29, 1.82) is 0 Å². The first-order valence-electron chi connectivity index (χ1n) is 5.92. The van der Waals surface area contributed by atoms with Gasteiger partial charge in [-0.3, -0.25) is 5.32 Å². The van der Waals surface area contributed by atoms with Gasteiger partial charge in [0.05, 0.1) is 0 Å². The second-order valence-electron chi connectivity index (χ2n) is 4.00. The average molecular weight is 304 g/mol. The van der Waals surface area contributed by atoms with Gasteiger partial charge in [0.15, 0.2) is 0 Å². The molecular formula is C13H12N4O3S. The van der Waals surface area contributed by atoms with Crippen molar-refractivity contribution in [3.05, 3.63) is 40.9 Å². The summed E-state index contributed by atoms with van der Waals surface area (Å²) >= 11 is 1.28. The zero-order chi connectivity index (χ0) is 15.2. The summed E-state index contributed by atoms with van der Waals surface area (Å²) in [6.45, 7) is 1.80. The van der Waals surface area contributed by atoms with Gasteiger partial charge in [-0.05, 0) is 30.7 Å². The maximum atomic E-state index is 11.7. The van der Waals surface area contributed by atoms with Crippen LogP contribution >= 0.6 is 11.3 Å². The molecular weight excluding hydrogens is 292 g/mol. The van der Waals surface area contributed by atoms with Crippen LogP contribution in [0.15, 0.2) is 30.3 Å². The van der Waals surface area contributed by atoms with Gasteiger partial charge < -0.3 is 10.4 Å². The van der Waals surface area contributed by atoms with Crippen LogP contribution in [0.4, 0.5) is 15.6 Å². The highest BCUT2D eigenvalue weighted by molar-refractivity contribution is 7.15. The van der Waals surface area contributed by atoms with Gasteiger partial charge in [-0.15, -0.1) is 10.2 Å². The van der Waals surface area contributed by atoms with Crippen molar-refractivity contribution in [2.24, 2.45) is 0 Å². The number of amides is 2. The van der Waals surface area contributed by atoms with Gasteiger partial charge in [-0.1, -0.05) is 23.5 Å². The van der Waals surface area contributed by atoms with Crippen LogP contribution in [0.1, 0.15) is 10.6 Å². The number of rotatable bonds is 4. The Balaban J connectivity index is 1.93. The number of hydrogen-bond donors (Lipinski definition) is 3. The molecule has 0 radical (unpaired) electrons. The highest BCUT2D eigenvalue weighted by Crippen LogP contribution is 2.15. The molecule has 3 N–H and O–H groups in total. The van der Waals surface area contributed by atoms with E-state index >= 15 is 0 Å². The van der Waals surface area contributed by atoms with E-state index in [-0.39, 0.29) is 0 Å². The number of anilines is 2. The smallest absolute Gasteiger partial charge is 0.328 e. The molecule has 0 saturated heterocycles. The molecule has 0 atom stereocenters. The average Bonchev–Trinajstić information content (AvgIpc) is 2.83. The molecule has 7 nitrogen and oxygen atoms in total. The summed E-state index contributed by atoms with van der Waals surface area (Å²) in [6, 6.07) is 6.33. The number of carboxylic acids is 1. The summed E-state index contributed by atoms with van der Waals surface area (Å²) in [4.78, 5) is 22.1. The topological polar surface area (TPSA) is 104 Å². The molecule has 0 aliphatic carbocycles. The first-order valence-corrected chi connectivity index (χ1v) is 6.74. The van der Waals surface area contributed by atoms with E-state index < -0.39 is 12.0 Å². The van der Waals surface area contributed by atoms with E-state index in [9.17, 15) is 9.59 Å². The van der Waals surface area contributed by atoms with Gasteiger partial charge >= 0.3 is 12.0 Å². The quantitative estimate of drug-likeness (QED) is 0.753. The zero-order valence-corrected chi connectivity index (χ0v) is 11.8. The largest absolute Gasteiger partial charge is 0.478 e. The molecule has 2 amide bonds. The summed E-state index contributed by atoms with van der Waals surface area (Å²) in [5.74, 6) is -1.01. The molecule has 0 bridgehead atoms. The van der Waals surface area contributed by atoms with Crippen molar-refractivity contribution < 1.29 is 14.7 Å². The number of aliphatic carboxylic acids is 1. The molecule has 21 heavy (non-hydrogen) atoms. The van der Waals surface area contributed by atoms with Crippen molar-refractivity contribution in [3.8, 4) is 0 Å². The first-order chi connectivity index (χ1) is 10.0. The van der Waals surface area contributed by atoms with Crippen LogP contribution in [0.25, 0.3) is 6.08 Å². The van der Waals surface area contributed by atoms with E-state index in [1.807, 2.05) is 0 Å². The Morgan fingerprint density at radius 2 is 1.90 bits per heavy atom. The van der Waals surface area contributed by atoms with Crippen LogP contribution < -0.4 is 10.6 Å². The minimum Gasteiger partial charge on any atom is -0.478 e. The number of urea groups is 1. The molecule has 1 aromatic heterocycles. The maximum Gasteiger partial charge on any atom is 0.328 e. The van der Waals surface area contributed by atoms with Crippen LogP contribution in [0.2, 0.25) is 0 Å². The summed E-state index contributed by atoms with van der Waals surface area (Å²) in [5.41, 5.74) is 1.31. The molecule has 108 valence electrons. The summed E-state index contributed by atoms with van der Waals surface area (Å²) in [7, 11) is 0. The standard InChI is InChI=1S/C13H12N4O3S/c1-8-16-17-13(21-8)15-12(20)14-10-5-2-9(3-6-10)4-7-11(18)19/h2-7H,1H3,(H,18,19)(H2,14,15,17,20)/b7-4+. The fourth-order valence-corrected chi connectivity index (χ4v) is 2.04. The summed E-state index contributed by atoms with van der Waals surface area (Å²) in [6.07, 6.45) is 2.52. The minimum absolute atomic E-state index is 0.417. The number of hydrogen-bond acceptors (Lipinski definition) is 5. The number of nitrogens with one attached hydrogen (secondary N) is 2. The Kier molecular flexibility index (Phi) is 4.62. The lowest BCUT2D eigenvalue weighted by Gasteiger charge is -2.05. The highest BCUT2D eigenvalue weighted by atomic mass is 32.1. The van der Waals surface area contributed by atoms with E-state index in [2.05, 4.69) is 20.8 Å². The molecule has 8 heteroatoms. The van der Waals surface area contributed by atoms with E-state index in [0.717, 1.165) is 16.6 Å². The molecule has 1 heterocycles. The van der Waals surface area contributed by atoms with Crippen LogP contribution in [0, 0.1) is 6.92 Å². The Labute approximate surface area is 124 Å². The number of carbonyl (C=O) groups is 2. The number of aromatic nitrogens is 2. The van der Waals surface area contributed by atoms with Gasteiger partial charge in [0.1, 0.15) is 5.01 Å². The van der Waals surface area contributed by atoms with Crippen molar-refractivity contribution in [2.75, 3.05) is 10.6 Å². The lowest BCUT2D eigenvalue weighted by Crippen LogP contribution is -2.19. The lowest BCUT2D eigenvalue weighted by atomic mass is 10.2. The monoisotopic (exact) mass is 304 g/mol. The molecule has 0 fully saturated rings. The fraction of sp³-hybridized carbons (Fsp3) is 0.0769. The van der Waals surface area contributed by atoms with E-state index in [1.54, 1.807) is 31.2 Å². The van der Waals surface area contributed by atoms with Crippen molar-refractivity contribution in [3.63, 3.8) is 0 Å². The van der Waals surface area contributed by atoms with Gasteiger partial charge in [-0.2, -0.15) is 0 Å². The molecule has 0 spiro atoms. The Bertz CT molecular complexity index is 679. The number of aryl methyl sites for hydroxylation is 1. The maximum absolute atomic E-state index is 11.7.